The highest BCUT2D eigenvalue weighted by Crippen LogP contribution is 2.33. The van der Waals surface area contributed by atoms with E-state index in [9.17, 15) is 4.79 Å². The van der Waals surface area contributed by atoms with Crippen molar-refractivity contribution in [1.29, 1.82) is 0 Å². The van der Waals surface area contributed by atoms with E-state index in [4.69, 9.17) is 4.79 Å². The van der Waals surface area contributed by atoms with E-state index < -0.39 is 0 Å². The lowest BCUT2D eigenvalue weighted by Gasteiger charge is -2.09. The molecule has 1 aromatic carbocycles. The molecule has 30 heavy (non-hydrogen) atoms. The summed E-state index contributed by atoms with van der Waals surface area (Å²) in [6, 6.07) is 13.5. The van der Waals surface area contributed by atoms with E-state index in [0.717, 1.165) is 25.0 Å². The van der Waals surface area contributed by atoms with Crippen LogP contribution in [0.25, 0.3) is 0 Å². The second-order valence-corrected chi connectivity index (χ2v) is 8.33. The lowest BCUT2D eigenvalue weighted by atomic mass is 9.99. The molecule has 5 nitrogen and oxygen atoms in total. The third-order valence-electron chi connectivity index (χ3n) is 5.90. The second kappa shape index (κ2) is 12.3. The van der Waals surface area contributed by atoms with Gasteiger partial charge in [0.25, 0.3) is 6.47 Å². The number of carbonyl (C=O) groups excluding carboxylic acids is 2. The number of ether oxygens (including phenoxy) is 1. The van der Waals surface area contributed by atoms with Crippen LogP contribution in [-0.2, 0) is 16.0 Å². The van der Waals surface area contributed by atoms with Crippen LogP contribution in [-0.4, -0.2) is 37.4 Å². The molecule has 1 heterocycles. The molecule has 3 rings (SSSR count). The monoisotopic (exact) mass is 412 g/mol. The highest BCUT2D eigenvalue weighted by molar-refractivity contribution is 5.94. The van der Waals surface area contributed by atoms with Gasteiger partial charge in [0.2, 0.25) is 0 Å². The Labute approximate surface area is 180 Å². The molecule has 2 aromatic rings. The molecule has 1 saturated carbocycles. The molecule has 2 N–H and O–H groups in total. The van der Waals surface area contributed by atoms with Crippen LogP contribution in [0.5, 0.6) is 0 Å². The molecule has 0 saturated heterocycles. The zero-order valence-corrected chi connectivity index (χ0v) is 18.7. The number of methoxy groups -OCH3 is 1. The molecule has 0 spiro atoms. The zero-order chi connectivity index (χ0) is 21.9. The summed E-state index contributed by atoms with van der Waals surface area (Å²) in [6.45, 7) is 4.80. The van der Waals surface area contributed by atoms with E-state index in [0.29, 0.717) is 30.8 Å². The summed E-state index contributed by atoms with van der Waals surface area (Å²) in [4.78, 5) is 24.8. The molecule has 1 aromatic heterocycles. The van der Waals surface area contributed by atoms with E-state index in [1.807, 2.05) is 13.1 Å². The van der Waals surface area contributed by atoms with E-state index in [2.05, 4.69) is 59.2 Å². The van der Waals surface area contributed by atoms with Gasteiger partial charge in [-0.05, 0) is 68.3 Å². The van der Waals surface area contributed by atoms with Crippen LogP contribution in [0.4, 0.5) is 0 Å². The van der Waals surface area contributed by atoms with E-state index in [1.54, 1.807) is 0 Å². The van der Waals surface area contributed by atoms with Gasteiger partial charge in [0, 0.05) is 24.1 Å². The molecule has 164 valence electrons. The molecular formula is C25H36N2O3. The SMILES string of the molecule is CNC1CCC(c2ccc(C(=O)CCCc3ccc(C(C)C)cc3)[nH]2)C1.COC=O. The summed E-state index contributed by atoms with van der Waals surface area (Å²) >= 11 is 0. The first kappa shape index (κ1) is 23.9. The van der Waals surface area contributed by atoms with Crippen molar-refractivity contribution in [3.63, 3.8) is 0 Å². The minimum Gasteiger partial charge on any atom is -0.471 e. The number of aromatic nitrogens is 1. The fourth-order valence-electron chi connectivity index (χ4n) is 4.00. The first-order valence-electron chi connectivity index (χ1n) is 10.9. The molecule has 2 unspecified atom stereocenters. The number of H-pyrrole nitrogens is 1. The molecule has 5 heteroatoms. The number of aromatic amines is 1. The van der Waals surface area contributed by atoms with Gasteiger partial charge < -0.3 is 15.0 Å². The smallest absolute Gasteiger partial charge is 0.292 e. The van der Waals surface area contributed by atoms with Crippen molar-refractivity contribution >= 4 is 12.3 Å². The number of carbonyl (C=O) groups is 2. The first-order valence-corrected chi connectivity index (χ1v) is 10.9. The Morgan fingerprint density at radius 1 is 1.20 bits per heavy atom. The van der Waals surface area contributed by atoms with Crippen LogP contribution in [0.3, 0.4) is 0 Å². The highest BCUT2D eigenvalue weighted by Gasteiger charge is 2.26. The lowest BCUT2D eigenvalue weighted by Crippen LogP contribution is -2.21. The maximum Gasteiger partial charge on any atom is 0.292 e. The normalized spacial score (nSPS) is 18.0. The summed E-state index contributed by atoms with van der Waals surface area (Å²) in [5.74, 6) is 1.36. The number of hydrogen-bond donors (Lipinski definition) is 2. The Morgan fingerprint density at radius 2 is 1.90 bits per heavy atom. The largest absolute Gasteiger partial charge is 0.471 e. The Hall–Kier alpha value is -2.40. The predicted octanol–water partition coefficient (Wildman–Crippen LogP) is 4.99. The Bertz CT molecular complexity index is 780. The van der Waals surface area contributed by atoms with Crippen LogP contribution in [0.1, 0.15) is 85.1 Å². The van der Waals surface area contributed by atoms with Crippen LogP contribution >= 0.6 is 0 Å². The van der Waals surface area contributed by atoms with Crippen molar-refractivity contribution in [1.82, 2.24) is 10.3 Å². The van der Waals surface area contributed by atoms with Crippen LogP contribution in [0, 0.1) is 0 Å². The molecule has 0 amide bonds. The Kier molecular flexibility index (Phi) is 9.81. The summed E-state index contributed by atoms with van der Waals surface area (Å²) < 4.78 is 3.86. The molecule has 0 aliphatic heterocycles. The molecule has 1 aliphatic rings. The van der Waals surface area contributed by atoms with Crippen molar-refractivity contribution in [2.75, 3.05) is 14.2 Å². The van der Waals surface area contributed by atoms with Gasteiger partial charge in [0.05, 0.1) is 12.8 Å². The standard InChI is InChI=1S/C23H32N2O.C2H4O2/c1-16(2)18-9-7-17(8-10-18)5-4-6-23(26)22-14-13-21(25-22)19-11-12-20(15-19)24-3;1-4-2-3/h7-10,13-14,16,19-20,24-25H,4-6,11-12,15H2,1-3H3;2H,1H3. The van der Waals surface area contributed by atoms with Gasteiger partial charge in [-0.25, -0.2) is 0 Å². The minimum atomic E-state index is 0.234. The van der Waals surface area contributed by atoms with E-state index >= 15 is 0 Å². The second-order valence-electron chi connectivity index (χ2n) is 8.33. The van der Waals surface area contributed by atoms with Gasteiger partial charge >= 0.3 is 0 Å². The van der Waals surface area contributed by atoms with Crippen molar-refractivity contribution in [3.05, 3.63) is 58.9 Å². The van der Waals surface area contributed by atoms with Gasteiger partial charge in [0.15, 0.2) is 5.78 Å². The zero-order valence-electron chi connectivity index (χ0n) is 18.7. The number of aryl methyl sites for hydroxylation is 1. The maximum atomic E-state index is 12.5. The van der Waals surface area contributed by atoms with Gasteiger partial charge in [-0.3, -0.25) is 9.59 Å². The number of hydrogen-bond acceptors (Lipinski definition) is 4. The average molecular weight is 413 g/mol. The predicted molar refractivity (Wildman–Crippen MR) is 121 cm³/mol. The van der Waals surface area contributed by atoms with Crippen molar-refractivity contribution in [2.24, 2.45) is 0 Å². The Morgan fingerprint density at radius 3 is 2.47 bits per heavy atom. The van der Waals surface area contributed by atoms with Gasteiger partial charge in [-0.15, -0.1) is 0 Å². The van der Waals surface area contributed by atoms with E-state index in [-0.39, 0.29) is 5.78 Å². The van der Waals surface area contributed by atoms with Crippen LogP contribution in [0.2, 0.25) is 0 Å². The molecule has 0 radical (unpaired) electrons. The summed E-state index contributed by atoms with van der Waals surface area (Å²) in [5.41, 5.74) is 4.70. The average Bonchev–Trinajstić information content (AvgIpc) is 3.43. The molecule has 2 atom stereocenters. The summed E-state index contributed by atoms with van der Waals surface area (Å²) in [5, 5.41) is 3.37. The van der Waals surface area contributed by atoms with E-state index in [1.165, 1.54) is 36.8 Å². The van der Waals surface area contributed by atoms with Crippen molar-refractivity contribution < 1.29 is 14.3 Å². The number of benzene rings is 1. The molecule has 1 fully saturated rings. The van der Waals surface area contributed by atoms with Crippen LogP contribution < -0.4 is 5.32 Å². The van der Waals surface area contributed by atoms with Gasteiger partial charge in [0.1, 0.15) is 0 Å². The fourth-order valence-corrected chi connectivity index (χ4v) is 4.00. The topological polar surface area (TPSA) is 71.2 Å². The fraction of sp³-hybridized carbons (Fsp3) is 0.520. The van der Waals surface area contributed by atoms with Gasteiger partial charge in [-0.2, -0.15) is 0 Å². The molecular weight excluding hydrogens is 376 g/mol. The Balaban J connectivity index is 0.000000735. The molecule has 1 aliphatic carbocycles. The molecule has 0 bridgehead atoms. The minimum absolute atomic E-state index is 0.234. The quantitative estimate of drug-likeness (QED) is 0.450. The maximum absolute atomic E-state index is 12.5. The number of Topliss-reactive ketones (excluding diaryl/α,β-unsaturated/α-hetero) is 1. The first-order chi connectivity index (χ1) is 14.5. The number of nitrogens with one attached hydrogen (secondary N) is 2. The number of rotatable bonds is 9. The van der Waals surface area contributed by atoms with Crippen molar-refractivity contribution in [2.45, 2.75) is 70.3 Å². The van der Waals surface area contributed by atoms with Crippen molar-refractivity contribution in [3.8, 4) is 0 Å². The highest BCUT2D eigenvalue weighted by atomic mass is 16.5. The van der Waals surface area contributed by atoms with Gasteiger partial charge in [-0.1, -0.05) is 38.1 Å². The lowest BCUT2D eigenvalue weighted by molar-refractivity contribution is -0.126. The summed E-state index contributed by atoms with van der Waals surface area (Å²) in [7, 11) is 3.35. The summed E-state index contributed by atoms with van der Waals surface area (Å²) in [6.07, 6.45) is 6.06. The number of ketones is 1. The third kappa shape index (κ3) is 7.13. The third-order valence-corrected chi connectivity index (χ3v) is 5.90. The van der Waals surface area contributed by atoms with Crippen LogP contribution in [0.15, 0.2) is 36.4 Å².